The number of carboxylic acids is 1. The maximum Gasteiger partial charge on any atom is 0.354 e. The van der Waals surface area contributed by atoms with Crippen molar-refractivity contribution in [1.29, 1.82) is 0 Å². The van der Waals surface area contributed by atoms with E-state index in [1.54, 1.807) is 16.4 Å². The van der Waals surface area contributed by atoms with Gasteiger partial charge in [-0.05, 0) is 31.4 Å². The largest absolute Gasteiger partial charge is 0.477 e. The fourth-order valence-corrected chi connectivity index (χ4v) is 4.95. The van der Waals surface area contributed by atoms with Gasteiger partial charge in [0.2, 0.25) is 10.0 Å². The molecule has 0 bridgehead atoms. The zero-order chi connectivity index (χ0) is 15.7. The van der Waals surface area contributed by atoms with Gasteiger partial charge in [0.25, 0.3) is 0 Å². The zero-order valence-corrected chi connectivity index (χ0v) is 13.0. The van der Waals surface area contributed by atoms with Crippen molar-refractivity contribution in [1.82, 2.24) is 9.29 Å². The SMILES string of the molecule is O=C(O)c1cccc(N2CCCC(N3CCCS3(=O)=O)C2)n1. The van der Waals surface area contributed by atoms with Crippen molar-refractivity contribution >= 4 is 21.8 Å². The lowest BCUT2D eigenvalue weighted by atomic mass is 10.1. The molecule has 2 aliphatic heterocycles. The molecule has 0 aliphatic carbocycles. The smallest absolute Gasteiger partial charge is 0.354 e. The second-order valence-corrected chi connectivity index (χ2v) is 7.75. The van der Waals surface area contributed by atoms with Crippen molar-refractivity contribution in [2.45, 2.75) is 25.3 Å². The summed E-state index contributed by atoms with van der Waals surface area (Å²) < 4.78 is 25.7. The predicted octanol–water partition coefficient (Wildman–Crippen LogP) is 0.784. The molecule has 7 nitrogen and oxygen atoms in total. The first kappa shape index (κ1) is 15.2. The van der Waals surface area contributed by atoms with E-state index in [9.17, 15) is 13.2 Å². The van der Waals surface area contributed by atoms with E-state index in [4.69, 9.17) is 5.11 Å². The molecule has 0 saturated carbocycles. The first-order valence-electron chi connectivity index (χ1n) is 7.42. The van der Waals surface area contributed by atoms with Gasteiger partial charge in [0.15, 0.2) is 5.69 Å². The molecule has 0 aromatic carbocycles. The molecule has 2 fully saturated rings. The fraction of sp³-hybridized carbons (Fsp3) is 0.571. The Morgan fingerprint density at radius 2 is 2.09 bits per heavy atom. The number of aromatic carboxylic acids is 1. The second-order valence-electron chi connectivity index (χ2n) is 5.71. The van der Waals surface area contributed by atoms with Gasteiger partial charge in [0.05, 0.1) is 5.75 Å². The van der Waals surface area contributed by atoms with Gasteiger partial charge >= 0.3 is 5.97 Å². The molecule has 3 rings (SSSR count). The summed E-state index contributed by atoms with van der Waals surface area (Å²) >= 11 is 0. The molecular weight excluding hydrogens is 306 g/mol. The molecule has 3 heterocycles. The Hall–Kier alpha value is -1.67. The van der Waals surface area contributed by atoms with Crippen LogP contribution in [-0.4, -0.2) is 60.2 Å². The third-order valence-corrected chi connectivity index (χ3v) is 6.22. The van der Waals surface area contributed by atoms with Gasteiger partial charge in [0, 0.05) is 25.7 Å². The predicted molar refractivity (Wildman–Crippen MR) is 81.5 cm³/mol. The topological polar surface area (TPSA) is 90.8 Å². The third-order valence-electron chi connectivity index (χ3n) is 4.22. The Balaban J connectivity index is 1.78. The van der Waals surface area contributed by atoms with Crippen LogP contribution in [0.15, 0.2) is 18.2 Å². The van der Waals surface area contributed by atoms with Crippen LogP contribution in [0.5, 0.6) is 0 Å². The standard InChI is InChI=1S/C14H19N3O4S/c18-14(19)12-5-1-6-13(15-12)16-7-2-4-11(10-16)17-8-3-9-22(17,20)21/h1,5-6,11H,2-4,7-10H2,(H,18,19). The summed E-state index contributed by atoms with van der Waals surface area (Å²) in [5, 5.41) is 9.03. The lowest BCUT2D eigenvalue weighted by Crippen LogP contribution is -2.48. The lowest BCUT2D eigenvalue weighted by Gasteiger charge is -2.37. The number of carboxylic acid groups (broad SMARTS) is 1. The zero-order valence-electron chi connectivity index (χ0n) is 12.2. The first-order valence-corrected chi connectivity index (χ1v) is 9.03. The number of hydrogen-bond donors (Lipinski definition) is 1. The van der Waals surface area contributed by atoms with Crippen molar-refractivity contribution in [2.24, 2.45) is 0 Å². The number of pyridine rings is 1. The van der Waals surface area contributed by atoms with E-state index in [0.29, 0.717) is 25.3 Å². The number of carbonyl (C=O) groups is 1. The molecule has 0 amide bonds. The average Bonchev–Trinajstić information content (AvgIpc) is 2.87. The molecule has 8 heteroatoms. The highest BCUT2D eigenvalue weighted by molar-refractivity contribution is 7.89. The molecule has 1 unspecified atom stereocenters. The summed E-state index contributed by atoms with van der Waals surface area (Å²) in [5.74, 6) is -0.227. The van der Waals surface area contributed by atoms with Gasteiger partial charge in [0.1, 0.15) is 5.82 Å². The maximum absolute atomic E-state index is 12.1. The average molecular weight is 325 g/mol. The highest BCUT2D eigenvalue weighted by Crippen LogP contribution is 2.26. The van der Waals surface area contributed by atoms with Crippen molar-refractivity contribution in [2.75, 3.05) is 30.3 Å². The fourth-order valence-electron chi connectivity index (χ4n) is 3.19. The first-order chi connectivity index (χ1) is 10.5. The minimum Gasteiger partial charge on any atom is -0.477 e. The molecule has 1 N–H and O–H groups in total. The van der Waals surface area contributed by atoms with Crippen LogP contribution >= 0.6 is 0 Å². The molecule has 2 saturated heterocycles. The van der Waals surface area contributed by atoms with E-state index in [-0.39, 0.29) is 17.5 Å². The molecule has 22 heavy (non-hydrogen) atoms. The van der Waals surface area contributed by atoms with Crippen molar-refractivity contribution in [3.8, 4) is 0 Å². The molecule has 1 atom stereocenters. The summed E-state index contributed by atoms with van der Waals surface area (Å²) in [5.41, 5.74) is 0.00779. The van der Waals surface area contributed by atoms with Crippen LogP contribution in [0.2, 0.25) is 0 Å². The van der Waals surface area contributed by atoms with E-state index < -0.39 is 16.0 Å². The van der Waals surface area contributed by atoms with Crippen LogP contribution in [0.4, 0.5) is 5.82 Å². The van der Waals surface area contributed by atoms with Crippen molar-refractivity contribution < 1.29 is 18.3 Å². The van der Waals surface area contributed by atoms with Gasteiger partial charge in [-0.25, -0.2) is 18.2 Å². The van der Waals surface area contributed by atoms with E-state index >= 15 is 0 Å². The number of aromatic nitrogens is 1. The summed E-state index contributed by atoms with van der Waals surface area (Å²) in [4.78, 5) is 17.2. The lowest BCUT2D eigenvalue weighted by molar-refractivity contribution is 0.0690. The number of hydrogen-bond acceptors (Lipinski definition) is 5. The molecular formula is C14H19N3O4S. The molecule has 0 spiro atoms. The Morgan fingerprint density at radius 1 is 1.27 bits per heavy atom. The quantitative estimate of drug-likeness (QED) is 0.883. The van der Waals surface area contributed by atoms with Crippen LogP contribution in [0.3, 0.4) is 0 Å². The summed E-state index contributed by atoms with van der Waals surface area (Å²) in [6, 6.07) is 4.85. The molecule has 0 radical (unpaired) electrons. The van der Waals surface area contributed by atoms with Gasteiger partial charge in [-0.1, -0.05) is 6.07 Å². The van der Waals surface area contributed by atoms with E-state index in [1.807, 2.05) is 4.90 Å². The van der Waals surface area contributed by atoms with Gasteiger partial charge < -0.3 is 10.0 Å². The van der Waals surface area contributed by atoms with Crippen LogP contribution in [-0.2, 0) is 10.0 Å². The molecule has 120 valence electrons. The Labute approximate surface area is 129 Å². The molecule has 1 aromatic rings. The van der Waals surface area contributed by atoms with Gasteiger partial charge in [-0.3, -0.25) is 0 Å². The van der Waals surface area contributed by atoms with E-state index in [1.165, 1.54) is 6.07 Å². The van der Waals surface area contributed by atoms with Gasteiger partial charge in [-0.2, -0.15) is 4.31 Å². The van der Waals surface area contributed by atoms with Crippen LogP contribution in [0.25, 0.3) is 0 Å². The van der Waals surface area contributed by atoms with E-state index in [2.05, 4.69) is 4.98 Å². The normalized spacial score (nSPS) is 25.3. The Morgan fingerprint density at radius 3 is 2.77 bits per heavy atom. The Bertz CT molecular complexity index is 676. The highest BCUT2D eigenvalue weighted by atomic mass is 32.2. The maximum atomic E-state index is 12.1. The number of sulfonamides is 1. The van der Waals surface area contributed by atoms with Crippen LogP contribution in [0.1, 0.15) is 29.8 Å². The summed E-state index contributed by atoms with van der Waals surface area (Å²) in [6.07, 6.45) is 2.40. The number of piperidine rings is 1. The minimum absolute atomic E-state index is 0.00779. The van der Waals surface area contributed by atoms with Gasteiger partial charge in [-0.15, -0.1) is 0 Å². The monoisotopic (exact) mass is 325 g/mol. The van der Waals surface area contributed by atoms with Crippen molar-refractivity contribution in [3.05, 3.63) is 23.9 Å². The van der Waals surface area contributed by atoms with Crippen LogP contribution in [0, 0.1) is 0 Å². The van der Waals surface area contributed by atoms with E-state index in [0.717, 1.165) is 19.4 Å². The molecule has 2 aliphatic rings. The van der Waals surface area contributed by atoms with Crippen molar-refractivity contribution in [3.63, 3.8) is 0 Å². The summed E-state index contributed by atoms with van der Waals surface area (Å²) in [7, 11) is -3.12. The number of nitrogens with zero attached hydrogens (tertiary/aromatic N) is 3. The van der Waals surface area contributed by atoms with Crippen LogP contribution < -0.4 is 4.90 Å². The summed E-state index contributed by atoms with van der Waals surface area (Å²) in [6.45, 7) is 1.92. The number of anilines is 1. The molecule has 1 aromatic heterocycles. The third kappa shape index (κ3) is 2.93. The minimum atomic E-state index is -3.12. The number of rotatable bonds is 3. The second kappa shape index (κ2) is 5.85. The highest BCUT2D eigenvalue weighted by Gasteiger charge is 2.36. The Kier molecular flexibility index (Phi) is 4.05.